The summed E-state index contributed by atoms with van der Waals surface area (Å²) < 4.78 is 11.8. The van der Waals surface area contributed by atoms with Gasteiger partial charge in [0.25, 0.3) is 0 Å². The lowest BCUT2D eigenvalue weighted by molar-refractivity contribution is -0.164. The lowest BCUT2D eigenvalue weighted by Gasteiger charge is -2.45. The topological polar surface area (TPSA) is 30.5 Å². The molecule has 1 N–H and O–H groups in total. The van der Waals surface area contributed by atoms with Gasteiger partial charge in [-0.05, 0) is 57.5 Å². The van der Waals surface area contributed by atoms with Gasteiger partial charge in [-0.3, -0.25) is 0 Å². The molecule has 0 aromatic heterocycles. The molecular formula is C15H29NO2. The van der Waals surface area contributed by atoms with Crippen molar-refractivity contribution in [1.29, 1.82) is 0 Å². The van der Waals surface area contributed by atoms with Crippen molar-refractivity contribution < 1.29 is 9.47 Å². The minimum atomic E-state index is 0.200. The molecule has 1 saturated heterocycles. The van der Waals surface area contributed by atoms with Crippen LogP contribution >= 0.6 is 0 Å². The van der Waals surface area contributed by atoms with E-state index < -0.39 is 0 Å². The lowest BCUT2D eigenvalue weighted by Crippen LogP contribution is -2.46. The second kappa shape index (κ2) is 6.88. The van der Waals surface area contributed by atoms with Gasteiger partial charge in [-0.1, -0.05) is 13.8 Å². The molecule has 1 aliphatic carbocycles. The molecule has 0 amide bonds. The Bertz CT molecular complexity index is 233. The standard InChI is InChI=1S/C15H29NO2/c1-13(2)12-16-9-8-15(6-3-7-15)18-14-4-10-17-11-5-14/h13-14,16H,3-12H2,1-2H3. The summed E-state index contributed by atoms with van der Waals surface area (Å²) in [6, 6.07) is 0. The van der Waals surface area contributed by atoms with Gasteiger partial charge < -0.3 is 14.8 Å². The highest BCUT2D eigenvalue weighted by Crippen LogP contribution is 2.40. The molecule has 0 radical (unpaired) electrons. The van der Waals surface area contributed by atoms with Crippen LogP contribution in [0.5, 0.6) is 0 Å². The average molecular weight is 255 g/mol. The van der Waals surface area contributed by atoms with Crippen molar-refractivity contribution in [1.82, 2.24) is 5.32 Å². The third kappa shape index (κ3) is 4.22. The van der Waals surface area contributed by atoms with Gasteiger partial charge in [-0.25, -0.2) is 0 Å². The van der Waals surface area contributed by atoms with E-state index in [-0.39, 0.29) is 5.60 Å². The second-order valence-corrected chi connectivity index (χ2v) is 6.31. The Kier molecular flexibility index (Phi) is 5.46. The molecule has 3 heteroatoms. The highest BCUT2D eigenvalue weighted by molar-refractivity contribution is 4.91. The molecule has 0 spiro atoms. The summed E-state index contributed by atoms with van der Waals surface area (Å²) in [6.07, 6.45) is 7.65. The van der Waals surface area contributed by atoms with Gasteiger partial charge in [0, 0.05) is 13.2 Å². The molecule has 106 valence electrons. The van der Waals surface area contributed by atoms with Crippen LogP contribution in [0.4, 0.5) is 0 Å². The maximum Gasteiger partial charge on any atom is 0.0698 e. The predicted molar refractivity (Wildman–Crippen MR) is 73.8 cm³/mol. The monoisotopic (exact) mass is 255 g/mol. The van der Waals surface area contributed by atoms with Gasteiger partial charge in [0.2, 0.25) is 0 Å². The zero-order valence-electron chi connectivity index (χ0n) is 12.0. The maximum absolute atomic E-state index is 6.40. The molecule has 0 aromatic carbocycles. The van der Waals surface area contributed by atoms with Crippen LogP contribution < -0.4 is 5.32 Å². The quantitative estimate of drug-likeness (QED) is 0.710. The van der Waals surface area contributed by atoms with E-state index >= 15 is 0 Å². The van der Waals surface area contributed by atoms with Gasteiger partial charge in [0.1, 0.15) is 0 Å². The summed E-state index contributed by atoms with van der Waals surface area (Å²) in [5, 5.41) is 3.54. The van der Waals surface area contributed by atoms with Gasteiger partial charge in [-0.2, -0.15) is 0 Å². The van der Waals surface area contributed by atoms with Crippen LogP contribution in [0.15, 0.2) is 0 Å². The van der Waals surface area contributed by atoms with E-state index in [2.05, 4.69) is 19.2 Å². The van der Waals surface area contributed by atoms with E-state index in [1.54, 1.807) is 0 Å². The van der Waals surface area contributed by atoms with Crippen LogP contribution in [0.2, 0.25) is 0 Å². The SMILES string of the molecule is CC(C)CNCCC1(OC2CCOCC2)CCC1. The zero-order valence-corrected chi connectivity index (χ0v) is 12.0. The van der Waals surface area contributed by atoms with Crippen LogP contribution in [-0.4, -0.2) is 38.0 Å². The van der Waals surface area contributed by atoms with Crippen molar-refractivity contribution in [3.63, 3.8) is 0 Å². The fourth-order valence-electron chi connectivity index (χ4n) is 2.85. The van der Waals surface area contributed by atoms with Crippen LogP contribution in [-0.2, 0) is 9.47 Å². The second-order valence-electron chi connectivity index (χ2n) is 6.31. The molecule has 1 aliphatic heterocycles. The molecule has 2 aliphatic rings. The van der Waals surface area contributed by atoms with Crippen molar-refractivity contribution >= 4 is 0 Å². The Morgan fingerprint density at radius 3 is 2.56 bits per heavy atom. The molecule has 3 nitrogen and oxygen atoms in total. The molecule has 0 unspecified atom stereocenters. The summed E-state index contributed by atoms with van der Waals surface area (Å²) in [6.45, 7) is 8.49. The first-order valence-electron chi connectivity index (χ1n) is 7.66. The molecule has 1 heterocycles. The first-order valence-corrected chi connectivity index (χ1v) is 7.66. The van der Waals surface area contributed by atoms with Crippen LogP contribution in [0.1, 0.15) is 52.4 Å². The van der Waals surface area contributed by atoms with Crippen LogP contribution in [0.3, 0.4) is 0 Å². The third-order valence-electron chi connectivity index (χ3n) is 4.16. The zero-order chi connectivity index (χ0) is 12.8. The fraction of sp³-hybridized carbons (Fsp3) is 1.00. The van der Waals surface area contributed by atoms with Crippen molar-refractivity contribution in [2.75, 3.05) is 26.3 Å². The minimum absolute atomic E-state index is 0.200. The van der Waals surface area contributed by atoms with Crippen molar-refractivity contribution in [3.8, 4) is 0 Å². The lowest BCUT2D eigenvalue weighted by atomic mass is 9.77. The van der Waals surface area contributed by atoms with E-state index in [1.165, 1.54) is 25.7 Å². The number of rotatable bonds is 7. The predicted octanol–water partition coefficient (Wildman–Crippen LogP) is 2.74. The van der Waals surface area contributed by atoms with E-state index in [0.29, 0.717) is 6.10 Å². The van der Waals surface area contributed by atoms with Crippen LogP contribution in [0.25, 0.3) is 0 Å². The molecule has 0 atom stereocenters. The molecule has 0 aromatic rings. The normalized spacial score (nSPS) is 24.2. The summed E-state index contributed by atoms with van der Waals surface area (Å²) in [7, 11) is 0. The Labute approximate surface area is 112 Å². The van der Waals surface area contributed by atoms with Gasteiger partial charge in [-0.15, -0.1) is 0 Å². The molecule has 0 bridgehead atoms. The largest absolute Gasteiger partial charge is 0.381 e. The Balaban J connectivity index is 1.68. The first kappa shape index (κ1) is 14.3. The van der Waals surface area contributed by atoms with Gasteiger partial charge >= 0.3 is 0 Å². The number of hydrogen-bond acceptors (Lipinski definition) is 3. The fourth-order valence-corrected chi connectivity index (χ4v) is 2.85. The van der Waals surface area contributed by atoms with Crippen LogP contribution in [0, 0.1) is 5.92 Å². The molecule has 2 fully saturated rings. The summed E-state index contributed by atoms with van der Waals surface area (Å²) >= 11 is 0. The summed E-state index contributed by atoms with van der Waals surface area (Å²) in [4.78, 5) is 0. The van der Waals surface area contributed by atoms with E-state index in [1.807, 2.05) is 0 Å². The highest BCUT2D eigenvalue weighted by atomic mass is 16.5. The van der Waals surface area contributed by atoms with E-state index in [9.17, 15) is 0 Å². The highest BCUT2D eigenvalue weighted by Gasteiger charge is 2.39. The van der Waals surface area contributed by atoms with Crippen molar-refractivity contribution in [2.24, 2.45) is 5.92 Å². The van der Waals surface area contributed by atoms with E-state index in [0.717, 1.165) is 45.1 Å². The number of nitrogens with one attached hydrogen (secondary N) is 1. The summed E-state index contributed by atoms with van der Waals surface area (Å²) in [5.41, 5.74) is 0.200. The number of ether oxygens (including phenoxy) is 2. The van der Waals surface area contributed by atoms with Gasteiger partial charge in [0.05, 0.1) is 11.7 Å². The molecule has 1 saturated carbocycles. The first-order chi connectivity index (χ1) is 8.70. The molecular weight excluding hydrogens is 226 g/mol. The smallest absolute Gasteiger partial charge is 0.0698 e. The summed E-state index contributed by atoms with van der Waals surface area (Å²) in [5.74, 6) is 0.735. The minimum Gasteiger partial charge on any atom is -0.381 e. The third-order valence-corrected chi connectivity index (χ3v) is 4.16. The number of hydrogen-bond donors (Lipinski definition) is 1. The van der Waals surface area contributed by atoms with Crippen molar-refractivity contribution in [3.05, 3.63) is 0 Å². The molecule has 18 heavy (non-hydrogen) atoms. The molecule has 2 rings (SSSR count). The average Bonchev–Trinajstić information content (AvgIpc) is 2.32. The Morgan fingerprint density at radius 1 is 1.28 bits per heavy atom. The Hall–Kier alpha value is -0.120. The maximum atomic E-state index is 6.40. The Morgan fingerprint density at radius 2 is 2.00 bits per heavy atom. The van der Waals surface area contributed by atoms with Gasteiger partial charge in [0.15, 0.2) is 0 Å². The van der Waals surface area contributed by atoms with E-state index in [4.69, 9.17) is 9.47 Å². The van der Waals surface area contributed by atoms with Crippen molar-refractivity contribution in [2.45, 2.75) is 64.1 Å².